The minimum Gasteiger partial charge on any atom is -0.482 e. The summed E-state index contributed by atoms with van der Waals surface area (Å²) in [5.41, 5.74) is 0.417. The molecule has 6 nitrogen and oxygen atoms in total. The molecule has 1 aromatic carbocycles. The molecule has 2 heterocycles. The van der Waals surface area contributed by atoms with E-state index in [1.54, 1.807) is 6.07 Å². The van der Waals surface area contributed by atoms with Crippen LogP contribution in [0.15, 0.2) is 24.8 Å². The topological polar surface area (TPSA) is 79.2 Å². The summed E-state index contributed by atoms with van der Waals surface area (Å²) in [4.78, 5) is 13.9. The lowest BCUT2D eigenvalue weighted by Crippen LogP contribution is -2.77. The van der Waals surface area contributed by atoms with E-state index in [9.17, 15) is 15.0 Å². The molecule has 1 saturated carbocycles. The van der Waals surface area contributed by atoms with Crippen LogP contribution in [0.5, 0.6) is 11.5 Å². The Morgan fingerprint density at radius 1 is 1.48 bits per heavy atom. The van der Waals surface area contributed by atoms with Crippen LogP contribution < -0.4 is 9.47 Å². The molecule has 4 aliphatic rings. The van der Waals surface area contributed by atoms with Crippen LogP contribution in [0, 0.1) is 0 Å². The van der Waals surface area contributed by atoms with Gasteiger partial charge in [0.15, 0.2) is 11.5 Å². The smallest absolute Gasteiger partial charge is 0.308 e. The van der Waals surface area contributed by atoms with Crippen LogP contribution in [0.4, 0.5) is 0 Å². The third-order valence-corrected chi connectivity index (χ3v) is 7.14. The minimum atomic E-state index is -0.981. The van der Waals surface area contributed by atoms with Crippen molar-refractivity contribution in [3.63, 3.8) is 0 Å². The number of aliphatic hydroxyl groups is 2. The van der Waals surface area contributed by atoms with Crippen molar-refractivity contribution in [3.8, 4) is 11.5 Å². The van der Waals surface area contributed by atoms with Gasteiger partial charge in [0.05, 0.1) is 17.1 Å². The molecule has 144 valence electrons. The quantitative estimate of drug-likeness (QED) is 0.474. The van der Waals surface area contributed by atoms with Gasteiger partial charge >= 0.3 is 5.97 Å². The Balaban J connectivity index is 1.74. The molecule has 2 aliphatic carbocycles. The highest BCUT2D eigenvalue weighted by atomic mass is 16.6. The number of hydrogen-bond donors (Lipinski definition) is 2. The van der Waals surface area contributed by atoms with Crippen LogP contribution in [0.2, 0.25) is 0 Å². The fraction of sp³-hybridized carbons (Fsp3) is 0.571. The van der Waals surface area contributed by atoms with Crippen molar-refractivity contribution < 1.29 is 24.5 Å². The first-order valence-corrected chi connectivity index (χ1v) is 9.69. The first kappa shape index (κ1) is 17.2. The van der Waals surface area contributed by atoms with Gasteiger partial charge in [-0.1, -0.05) is 12.1 Å². The van der Waals surface area contributed by atoms with E-state index in [0.717, 1.165) is 24.2 Å². The van der Waals surface area contributed by atoms with Crippen molar-refractivity contribution in [3.05, 3.63) is 35.9 Å². The van der Waals surface area contributed by atoms with Crippen molar-refractivity contribution in [1.29, 1.82) is 0 Å². The zero-order valence-electron chi connectivity index (χ0n) is 15.5. The van der Waals surface area contributed by atoms with Crippen LogP contribution in [0.25, 0.3) is 0 Å². The lowest BCUT2D eigenvalue weighted by Gasteiger charge is -2.63. The second-order valence-electron chi connectivity index (χ2n) is 8.31. The predicted octanol–water partition coefficient (Wildman–Crippen LogP) is 1.31. The Bertz CT molecular complexity index is 838. The maximum absolute atomic E-state index is 12.0. The van der Waals surface area contributed by atoms with E-state index in [1.807, 2.05) is 12.1 Å². The summed E-state index contributed by atoms with van der Waals surface area (Å²) in [6.45, 7) is 6.77. The van der Waals surface area contributed by atoms with Crippen molar-refractivity contribution in [2.75, 3.05) is 13.1 Å². The highest BCUT2D eigenvalue weighted by Gasteiger charge is 2.72. The van der Waals surface area contributed by atoms with E-state index < -0.39 is 29.2 Å². The maximum Gasteiger partial charge on any atom is 0.308 e. The van der Waals surface area contributed by atoms with Gasteiger partial charge in [-0.3, -0.25) is 9.69 Å². The van der Waals surface area contributed by atoms with E-state index in [4.69, 9.17) is 9.47 Å². The fourth-order valence-electron chi connectivity index (χ4n) is 6.21. The van der Waals surface area contributed by atoms with Gasteiger partial charge in [-0.2, -0.15) is 0 Å². The third-order valence-electron chi connectivity index (χ3n) is 7.14. The Hall–Kier alpha value is -1.89. The lowest BCUT2D eigenvalue weighted by atomic mass is 9.48. The molecule has 27 heavy (non-hydrogen) atoms. The van der Waals surface area contributed by atoms with E-state index in [-0.39, 0.29) is 6.04 Å². The molecule has 0 aromatic heterocycles. The molecule has 2 N–H and O–H groups in total. The van der Waals surface area contributed by atoms with Crippen LogP contribution >= 0.6 is 0 Å². The average Bonchev–Trinajstić information content (AvgIpc) is 2.97. The molecular formula is C21H25NO5. The summed E-state index contributed by atoms with van der Waals surface area (Å²) in [7, 11) is 0. The number of nitrogens with zero attached hydrogens (tertiary/aromatic N) is 1. The second-order valence-corrected chi connectivity index (χ2v) is 8.31. The van der Waals surface area contributed by atoms with Gasteiger partial charge in [-0.25, -0.2) is 0 Å². The SMILES string of the molecule is C=CCN1CC[C@]23c4c5ccc(OC(C)=O)c4O[C@H]2[C@@H](O)CC[C@@]3(O)[C@H]1C5. The molecule has 1 saturated heterocycles. The molecule has 6 heteroatoms. The van der Waals surface area contributed by atoms with Gasteiger partial charge in [-0.05, 0) is 43.9 Å². The summed E-state index contributed by atoms with van der Waals surface area (Å²) in [5, 5.41) is 22.8. The Morgan fingerprint density at radius 3 is 3.04 bits per heavy atom. The molecule has 0 unspecified atom stereocenters. The molecule has 2 fully saturated rings. The minimum absolute atomic E-state index is 0.0409. The molecule has 0 radical (unpaired) electrons. The molecule has 5 rings (SSSR count). The van der Waals surface area contributed by atoms with E-state index in [0.29, 0.717) is 37.2 Å². The zero-order chi connectivity index (χ0) is 19.0. The Morgan fingerprint density at radius 2 is 2.30 bits per heavy atom. The number of likely N-dealkylation sites (tertiary alicyclic amines) is 1. The van der Waals surface area contributed by atoms with Gasteiger partial charge in [-0.15, -0.1) is 6.58 Å². The first-order chi connectivity index (χ1) is 12.9. The predicted molar refractivity (Wildman–Crippen MR) is 97.9 cm³/mol. The largest absolute Gasteiger partial charge is 0.482 e. The Kier molecular flexibility index (Phi) is 3.55. The number of ether oxygens (including phenoxy) is 2. The van der Waals surface area contributed by atoms with E-state index in [1.165, 1.54) is 6.92 Å². The van der Waals surface area contributed by atoms with Crippen LogP contribution in [-0.4, -0.2) is 58.0 Å². The summed E-state index contributed by atoms with van der Waals surface area (Å²) in [5.74, 6) is 0.502. The number of rotatable bonds is 3. The number of carbonyl (C=O) groups excluding carboxylic acids is 1. The lowest BCUT2D eigenvalue weighted by molar-refractivity contribution is -0.206. The fourth-order valence-corrected chi connectivity index (χ4v) is 6.21. The second kappa shape index (κ2) is 5.56. The third kappa shape index (κ3) is 1.98. The Labute approximate surface area is 158 Å². The van der Waals surface area contributed by atoms with E-state index >= 15 is 0 Å². The molecule has 1 spiro atoms. The number of piperidine rings is 1. The maximum atomic E-state index is 12.0. The molecular weight excluding hydrogens is 346 g/mol. The first-order valence-electron chi connectivity index (χ1n) is 9.69. The van der Waals surface area contributed by atoms with Crippen molar-refractivity contribution in [1.82, 2.24) is 4.90 Å². The number of benzene rings is 1. The number of hydrogen-bond acceptors (Lipinski definition) is 6. The van der Waals surface area contributed by atoms with Gasteiger partial charge < -0.3 is 19.7 Å². The van der Waals surface area contributed by atoms with Crippen molar-refractivity contribution >= 4 is 5.97 Å². The van der Waals surface area contributed by atoms with Crippen molar-refractivity contribution in [2.45, 2.75) is 61.9 Å². The molecule has 2 aliphatic heterocycles. The van der Waals surface area contributed by atoms with Crippen LogP contribution in [-0.2, 0) is 16.6 Å². The standard InChI is InChI=1S/C21H25NO5/c1-3-9-22-10-8-20-17-13-4-5-15(26-12(2)23)18(17)27-19(20)14(24)6-7-21(20,25)16(22)11-13/h3-5,14,16,19,24-25H,1,6-11H2,2H3/t14-,16+,19-,20-,21+/m0/s1. The summed E-state index contributed by atoms with van der Waals surface area (Å²) in [6, 6.07) is 3.71. The van der Waals surface area contributed by atoms with Crippen LogP contribution in [0.3, 0.4) is 0 Å². The van der Waals surface area contributed by atoms with E-state index in [2.05, 4.69) is 11.5 Å². The van der Waals surface area contributed by atoms with Gasteiger partial charge in [0.2, 0.25) is 0 Å². The summed E-state index contributed by atoms with van der Waals surface area (Å²) < 4.78 is 11.6. The van der Waals surface area contributed by atoms with Gasteiger partial charge in [0, 0.05) is 25.1 Å². The normalized spacial score (nSPS) is 38.7. The molecule has 2 bridgehead atoms. The monoisotopic (exact) mass is 371 g/mol. The van der Waals surface area contributed by atoms with Crippen molar-refractivity contribution in [2.24, 2.45) is 0 Å². The zero-order valence-corrected chi connectivity index (χ0v) is 15.5. The number of carbonyl (C=O) groups is 1. The molecule has 1 aromatic rings. The summed E-state index contributed by atoms with van der Waals surface area (Å²) >= 11 is 0. The van der Waals surface area contributed by atoms with Gasteiger partial charge in [0.1, 0.15) is 6.10 Å². The average molecular weight is 371 g/mol. The van der Waals surface area contributed by atoms with Crippen LogP contribution in [0.1, 0.15) is 37.3 Å². The number of esters is 1. The highest BCUT2D eigenvalue weighted by molar-refractivity contribution is 5.72. The summed E-state index contributed by atoms with van der Waals surface area (Å²) in [6.07, 6.45) is 3.14. The number of aliphatic hydroxyl groups excluding tert-OH is 1. The van der Waals surface area contributed by atoms with Gasteiger partial charge in [0.25, 0.3) is 0 Å². The highest BCUT2D eigenvalue weighted by Crippen LogP contribution is 2.65. The molecule has 5 atom stereocenters. The molecule has 0 amide bonds.